The Morgan fingerprint density at radius 1 is 1.30 bits per heavy atom. The fourth-order valence-corrected chi connectivity index (χ4v) is 3.68. The van der Waals surface area contributed by atoms with E-state index in [9.17, 15) is 10.2 Å². The molecule has 0 aliphatic heterocycles. The van der Waals surface area contributed by atoms with Crippen molar-refractivity contribution >= 4 is 11.6 Å². The largest absolute Gasteiger partial charge is 0.495 e. The average molecular weight is 297 g/mol. The summed E-state index contributed by atoms with van der Waals surface area (Å²) in [5.41, 5.74) is -1.82. The zero-order chi connectivity index (χ0) is 15.3. The van der Waals surface area contributed by atoms with Crippen molar-refractivity contribution in [3.63, 3.8) is 0 Å². The van der Waals surface area contributed by atoms with Gasteiger partial charge in [0.1, 0.15) is 11.4 Å². The second-order valence-corrected chi connectivity index (χ2v) is 6.72. The first-order valence-electron chi connectivity index (χ1n) is 6.56. The third-order valence-corrected chi connectivity index (χ3v) is 4.60. The van der Waals surface area contributed by atoms with Gasteiger partial charge in [-0.2, -0.15) is 0 Å². The second-order valence-electron chi connectivity index (χ2n) is 6.31. The number of halogens is 1. The maximum Gasteiger partial charge on any atom is 0.141 e. The molecule has 0 amide bonds. The lowest BCUT2D eigenvalue weighted by atomic mass is 9.59. The van der Waals surface area contributed by atoms with Crippen molar-refractivity contribution < 1.29 is 14.9 Å². The van der Waals surface area contributed by atoms with Gasteiger partial charge in [-0.1, -0.05) is 44.2 Å². The molecule has 0 bridgehead atoms. The van der Waals surface area contributed by atoms with Crippen molar-refractivity contribution in [2.75, 3.05) is 7.11 Å². The molecule has 1 aromatic rings. The summed E-state index contributed by atoms with van der Waals surface area (Å²) in [6.07, 6.45) is 1.75. The molecule has 1 aromatic carbocycles. The summed E-state index contributed by atoms with van der Waals surface area (Å²) in [6.45, 7) is 9.32. The van der Waals surface area contributed by atoms with Crippen LogP contribution in [0.1, 0.15) is 38.3 Å². The Bertz CT molecular complexity index is 563. The highest BCUT2D eigenvalue weighted by Crippen LogP contribution is 2.54. The number of benzene rings is 1. The molecule has 0 fully saturated rings. The quantitative estimate of drug-likeness (QED) is 0.824. The molecule has 1 aliphatic rings. The molecule has 2 unspecified atom stereocenters. The van der Waals surface area contributed by atoms with Crippen molar-refractivity contribution in [1.82, 2.24) is 0 Å². The van der Waals surface area contributed by atoms with Crippen LogP contribution in [-0.4, -0.2) is 22.9 Å². The molecule has 2 rings (SSSR count). The predicted octanol–water partition coefficient (Wildman–Crippen LogP) is 3.15. The molecule has 0 saturated carbocycles. The van der Waals surface area contributed by atoms with Crippen molar-refractivity contribution in [1.29, 1.82) is 0 Å². The number of rotatable bonds is 2. The van der Waals surface area contributed by atoms with Gasteiger partial charge in [0, 0.05) is 5.56 Å². The molecular formula is C16H21ClO3. The van der Waals surface area contributed by atoms with E-state index in [1.54, 1.807) is 26.2 Å². The third kappa shape index (κ3) is 1.88. The van der Waals surface area contributed by atoms with Crippen molar-refractivity contribution in [2.45, 2.75) is 43.8 Å². The standard InChI is InChI=1S/C16H21ClO3/c1-6-16(19)10-7-8-11(17)13(20-5)12(10)14(2,3)9-15(16,4)18/h6-8,18-19H,1,9H2,2-5H3. The van der Waals surface area contributed by atoms with E-state index >= 15 is 0 Å². The highest BCUT2D eigenvalue weighted by atomic mass is 35.5. The highest BCUT2D eigenvalue weighted by Gasteiger charge is 2.55. The van der Waals surface area contributed by atoms with Crippen molar-refractivity contribution in [3.05, 3.63) is 40.9 Å². The van der Waals surface area contributed by atoms with Crippen LogP contribution in [0.25, 0.3) is 0 Å². The Labute approximate surface area is 124 Å². The van der Waals surface area contributed by atoms with Gasteiger partial charge in [0.2, 0.25) is 0 Å². The maximum atomic E-state index is 10.9. The van der Waals surface area contributed by atoms with Gasteiger partial charge >= 0.3 is 0 Å². The fourth-order valence-electron chi connectivity index (χ4n) is 3.45. The van der Waals surface area contributed by atoms with Crippen LogP contribution in [0.15, 0.2) is 24.8 Å². The Hall–Kier alpha value is -1.03. The Morgan fingerprint density at radius 2 is 1.90 bits per heavy atom. The van der Waals surface area contributed by atoms with Crippen LogP contribution in [0.4, 0.5) is 0 Å². The molecule has 1 aliphatic carbocycles. The van der Waals surface area contributed by atoms with Gasteiger partial charge in [-0.3, -0.25) is 0 Å². The zero-order valence-electron chi connectivity index (χ0n) is 12.3. The van der Waals surface area contributed by atoms with E-state index in [1.807, 2.05) is 13.8 Å². The zero-order valence-corrected chi connectivity index (χ0v) is 13.1. The smallest absolute Gasteiger partial charge is 0.141 e. The van der Waals surface area contributed by atoms with Crippen LogP contribution >= 0.6 is 11.6 Å². The predicted molar refractivity (Wildman–Crippen MR) is 80.4 cm³/mol. The first-order valence-corrected chi connectivity index (χ1v) is 6.94. The summed E-state index contributed by atoms with van der Waals surface area (Å²) < 4.78 is 5.43. The summed E-state index contributed by atoms with van der Waals surface area (Å²) in [4.78, 5) is 0. The van der Waals surface area contributed by atoms with E-state index in [-0.39, 0.29) is 5.41 Å². The van der Waals surface area contributed by atoms with Gasteiger partial charge in [0.05, 0.1) is 17.7 Å². The van der Waals surface area contributed by atoms with Crippen molar-refractivity contribution in [2.24, 2.45) is 0 Å². The molecule has 3 nitrogen and oxygen atoms in total. The van der Waals surface area contributed by atoms with Crippen LogP contribution in [0, 0.1) is 0 Å². The first-order chi connectivity index (χ1) is 9.10. The molecule has 0 heterocycles. The average Bonchev–Trinajstić information content (AvgIpc) is 2.34. The normalized spacial score (nSPS) is 31.6. The molecule has 110 valence electrons. The van der Waals surface area contributed by atoms with Gasteiger partial charge in [-0.25, -0.2) is 0 Å². The topological polar surface area (TPSA) is 49.7 Å². The van der Waals surface area contributed by atoms with E-state index in [0.29, 0.717) is 22.8 Å². The van der Waals surface area contributed by atoms with E-state index in [0.717, 1.165) is 5.56 Å². The SMILES string of the molecule is C=CC1(O)c2ccc(Cl)c(OC)c2C(C)(C)CC1(C)O. The molecule has 4 heteroatoms. The Kier molecular flexibility index (Phi) is 3.44. The van der Waals surface area contributed by atoms with Crippen LogP contribution in [0.5, 0.6) is 5.75 Å². The molecule has 0 radical (unpaired) electrons. The van der Waals surface area contributed by atoms with Crippen molar-refractivity contribution in [3.8, 4) is 5.75 Å². The summed E-state index contributed by atoms with van der Waals surface area (Å²) in [5, 5.41) is 22.1. The summed E-state index contributed by atoms with van der Waals surface area (Å²) in [5.74, 6) is 0.546. The minimum Gasteiger partial charge on any atom is -0.495 e. The van der Waals surface area contributed by atoms with E-state index < -0.39 is 11.2 Å². The van der Waals surface area contributed by atoms with Gasteiger partial charge in [-0.05, 0) is 30.4 Å². The first kappa shape index (κ1) is 15.4. The number of methoxy groups -OCH3 is 1. The second kappa shape index (κ2) is 4.48. The molecule has 2 N–H and O–H groups in total. The Balaban J connectivity index is 2.88. The number of fused-ring (bicyclic) bond motifs is 1. The molecule has 0 spiro atoms. The minimum atomic E-state index is -1.53. The fraction of sp³-hybridized carbons (Fsp3) is 0.500. The number of aliphatic hydroxyl groups is 2. The number of hydrogen-bond donors (Lipinski definition) is 2. The lowest BCUT2D eigenvalue weighted by molar-refractivity contribution is -0.139. The van der Waals surface area contributed by atoms with Crippen LogP contribution in [-0.2, 0) is 11.0 Å². The summed E-state index contributed by atoms with van der Waals surface area (Å²) in [7, 11) is 1.55. The molecule has 20 heavy (non-hydrogen) atoms. The van der Waals surface area contributed by atoms with Crippen LogP contribution in [0.3, 0.4) is 0 Å². The monoisotopic (exact) mass is 296 g/mol. The highest BCUT2D eigenvalue weighted by molar-refractivity contribution is 6.32. The van der Waals surface area contributed by atoms with E-state index in [4.69, 9.17) is 16.3 Å². The maximum absolute atomic E-state index is 10.9. The minimum absolute atomic E-state index is 0.367. The summed E-state index contributed by atoms with van der Waals surface area (Å²) in [6, 6.07) is 3.41. The number of ether oxygens (including phenoxy) is 1. The van der Waals surface area contributed by atoms with E-state index in [2.05, 4.69) is 6.58 Å². The Morgan fingerprint density at radius 3 is 2.40 bits per heavy atom. The lowest BCUT2D eigenvalue weighted by Gasteiger charge is -2.50. The molecule has 0 aromatic heterocycles. The van der Waals surface area contributed by atoms with Gasteiger partial charge in [-0.15, -0.1) is 0 Å². The van der Waals surface area contributed by atoms with Gasteiger partial charge in [0.15, 0.2) is 0 Å². The van der Waals surface area contributed by atoms with E-state index in [1.165, 1.54) is 6.08 Å². The lowest BCUT2D eigenvalue weighted by Crippen LogP contribution is -2.56. The third-order valence-electron chi connectivity index (χ3n) is 4.30. The molecule has 0 saturated heterocycles. The van der Waals surface area contributed by atoms with Gasteiger partial charge in [0.25, 0.3) is 0 Å². The molecular weight excluding hydrogens is 276 g/mol. The van der Waals surface area contributed by atoms with Crippen LogP contribution in [0.2, 0.25) is 5.02 Å². The number of hydrogen-bond acceptors (Lipinski definition) is 3. The summed E-state index contributed by atoms with van der Waals surface area (Å²) >= 11 is 6.20. The van der Waals surface area contributed by atoms with Crippen LogP contribution < -0.4 is 4.74 Å². The van der Waals surface area contributed by atoms with Gasteiger partial charge < -0.3 is 14.9 Å². The molecule has 2 atom stereocenters.